The van der Waals surface area contributed by atoms with Crippen LogP contribution in [0.2, 0.25) is 0 Å². The van der Waals surface area contributed by atoms with Crippen molar-refractivity contribution in [2.75, 3.05) is 14.1 Å². The molecular weight excluding hydrogens is 300 g/mol. The van der Waals surface area contributed by atoms with Crippen LogP contribution in [0.15, 0.2) is 29.4 Å². The third-order valence-corrected chi connectivity index (χ3v) is 4.53. The molecule has 0 radical (unpaired) electrons. The highest BCUT2D eigenvalue weighted by molar-refractivity contribution is 7.18. The average Bonchev–Trinajstić information content (AvgIpc) is 2.91. The molecule has 0 spiro atoms. The van der Waals surface area contributed by atoms with Crippen LogP contribution in [0, 0.1) is 0 Å². The number of hydrogen-bond donors (Lipinski definition) is 0. The van der Waals surface area contributed by atoms with Crippen molar-refractivity contribution in [3.05, 3.63) is 29.3 Å². The first-order valence-corrected chi connectivity index (χ1v) is 7.80. The van der Waals surface area contributed by atoms with Crippen molar-refractivity contribution < 1.29 is 9.59 Å². The Kier molecular flexibility index (Phi) is 3.89. The highest BCUT2D eigenvalue weighted by Gasteiger charge is 2.24. The van der Waals surface area contributed by atoms with Gasteiger partial charge in [-0.3, -0.25) is 9.59 Å². The van der Waals surface area contributed by atoms with Crippen molar-refractivity contribution in [3.8, 4) is 0 Å². The number of carbonyl (C=O) groups excluding carboxylic acids is 2. The molecular formula is C15H16N4O2S. The highest BCUT2D eigenvalue weighted by Crippen LogP contribution is 2.22. The summed E-state index contributed by atoms with van der Waals surface area (Å²) in [6, 6.07) is 7.90. The van der Waals surface area contributed by atoms with Crippen molar-refractivity contribution in [2.24, 2.45) is 5.10 Å². The molecule has 0 fully saturated rings. The molecule has 0 saturated carbocycles. The van der Waals surface area contributed by atoms with Crippen LogP contribution >= 0.6 is 11.3 Å². The number of benzene rings is 1. The van der Waals surface area contributed by atoms with Crippen LogP contribution in [0.3, 0.4) is 0 Å². The smallest absolute Gasteiger partial charge is 0.270 e. The van der Waals surface area contributed by atoms with E-state index in [1.165, 1.54) is 5.01 Å². The second kappa shape index (κ2) is 5.84. The molecule has 0 N–H and O–H groups in total. The number of hydrazone groups is 1. The summed E-state index contributed by atoms with van der Waals surface area (Å²) >= 11 is 1.58. The lowest BCUT2D eigenvalue weighted by Crippen LogP contribution is -2.38. The van der Waals surface area contributed by atoms with Gasteiger partial charge >= 0.3 is 0 Å². The quantitative estimate of drug-likeness (QED) is 0.868. The minimum Gasteiger partial charge on any atom is -0.334 e. The topological polar surface area (TPSA) is 65.9 Å². The number of para-hydroxylation sites is 1. The maximum Gasteiger partial charge on any atom is 0.270 e. The molecule has 2 aromatic rings. The molecule has 22 heavy (non-hydrogen) atoms. The molecule has 1 aliphatic rings. The first kappa shape index (κ1) is 14.6. The number of nitrogens with zero attached hydrogens (tertiary/aromatic N) is 4. The third-order valence-electron chi connectivity index (χ3n) is 3.51. The minimum absolute atomic E-state index is 0.0645. The zero-order valence-electron chi connectivity index (χ0n) is 12.4. The van der Waals surface area contributed by atoms with Gasteiger partial charge in [0.1, 0.15) is 10.7 Å². The van der Waals surface area contributed by atoms with E-state index in [9.17, 15) is 9.59 Å². The van der Waals surface area contributed by atoms with Gasteiger partial charge in [-0.1, -0.05) is 12.1 Å². The summed E-state index contributed by atoms with van der Waals surface area (Å²) in [5.74, 6) is -0.219. The summed E-state index contributed by atoms with van der Waals surface area (Å²) in [6.45, 7) is 0.439. The largest absolute Gasteiger partial charge is 0.334 e. The summed E-state index contributed by atoms with van der Waals surface area (Å²) in [5.41, 5.74) is 1.37. The maximum atomic E-state index is 12.4. The van der Waals surface area contributed by atoms with E-state index >= 15 is 0 Å². The van der Waals surface area contributed by atoms with Crippen molar-refractivity contribution >= 4 is 39.1 Å². The normalized spacial score (nSPS) is 15.1. The molecule has 3 rings (SSSR count). The molecule has 6 nitrogen and oxygen atoms in total. The standard InChI is InChI=1S/C15H16N4O2S/c1-18(15(21)11-7-8-14(20)19(2)17-11)9-13-16-10-5-3-4-6-12(10)22-13/h3-6H,7-9H2,1-2H3. The van der Waals surface area contributed by atoms with E-state index in [-0.39, 0.29) is 11.8 Å². The van der Waals surface area contributed by atoms with Crippen LogP contribution in [0.4, 0.5) is 0 Å². The van der Waals surface area contributed by atoms with Gasteiger partial charge in [-0.05, 0) is 12.1 Å². The van der Waals surface area contributed by atoms with Gasteiger partial charge in [0.05, 0.1) is 16.8 Å². The maximum absolute atomic E-state index is 12.4. The Bertz CT molecular complexity index is 735. The van der Waals surface area contributed by atoms with E-state index < -0.39 is 0 Å². The van der Waals surface area contributed by atoms with E-state index in [2.05, 4.69) is 10.1 Å². The van der Waals surface area contributed by atoms with Crippen molar-refractivity contribution in [1.29, 1.82) is 0 Å². The Hall–Kier alpha value is -2.28. The Morgan fingerprint density at radius 2 is 2.14 bits per heavy atom. The zero-order valence-corrected chi connectivity index (χ0v) is 13.3. The number of fused-ring (bicyclic) bond motifs is 1. The molecule has 0 bridgehead atoms. The lowest BCUT2D eigenvalue weighted by Gasteiger charge is -2.22. The predicted octanol–water partition coefficient (Wildman–Crippen LogP) is 1.86. The van der Waals surface area contributed by atoms with E-state index in [1.54, 1.807) is 30.3 Å². The lowest BCUT2D eigenvalue weighted by molar-refractivity contribution is -0.130. The van der Waals surface area contributed by atoms with Gasteiger partial charge < -0.3 is 4.90 Å². The third kappa shape index (κ3) is 2.85. The SMILES string of the molecule is CN(Cc1nc2ccccc2s1)C(=O)C1=NN(C)C(=O)CC1. The van der Waals surface area contributed by atoms with Crippen LogP contribution in [-0.2, 0) is 16.1 Å². The van der Waals surface area contributed by atoms with Gasteiger partial charge in [-0.15, -0.1) is 11.3 Å². The van der Waals surface area contributed by atoms with Gasteiger partial charge in [0.25, 0.3) is 5.91 Å². The Labute approximate surface area is 132 Å². The fourth-order valence-electron chi connectivity index (χ4n) is 2.31. The molecule has 1 aromatic carbocycles. The summed E-state index contributed by atoms with van der Waals surface area (Å²) in [6.07, 6.45) is 0.724. The predicted molar refractivity (Wildman–Crippen MR) is 85.5 cm³/mol. The monoisotopic (exact) mass is 316 g/mol. The molecule has 0 unspecified atom stereocenters. The second-order valence-corrected chi connectivity index (χ2v) is 6.32. The van der Waals surface area contributed by atoms with Gasteiger partial charge in [-0.25, -0.2) is 9.99 Å². The summed E-state index contributed by atoms with van der Waals surface area (Å²) in [7, 11) is 3.30. The van der Waals surface area contributed by atoms with Crippen LogP contribution in [0.5, 0.6) is 0 Å². The molecule has 2 amide bonds. The molecule has 0 atom stereocenters. The van der Waals surface area contributed by atoms with Gasteiger partial charge in [0.15, 0.2) is 0 Å². The number of hydrogen-bond acceptors (Lipinski definition) is 5. The van der Waals surface area contributed by atoms with Crippen LogP contribution < -0.4 is 0 Å². The van der Waals surface area contributed by atoms with E-state index in [4.69, 9.17) is 0 Å². The second-order valence-electron chi connectivity index (χ2n) is 5.20. The fourth-order valence-corrected chi connectivity index (χ4v) is 3.33. The minimum atomic E-state index is -0.154. The number of carbonyl (C=O) groups is 2. The Morgan fingerprint density at radius 3 is 2.86 bits per heavy atom. The van der Waals surface area contributed by atoms with Crippen LogP contribution in [-0.4, -0.2) is 46.5 Å². The molecule has 114 valence electrons. The van der Waals surface area contributed by atoms with Gasteiger partial charge in [-0.2, -0.15) is 5.10 Å². The fraction of sp³-hybridized carbons (Fsp3) is 0.333. The van der Waals surface area contributed by atoms with Crippen molar-refractivity contribution in [2.45, 2.75) is 19.4 Å². The van der Waals surface area contributed by atoms with Crippen molar-refractivity contribution in [3.63, 3.8) is 0 Å². The van der Waals surface area contributed by atoms with Gasteiger partial charge in [0.2, 0.25) is 5.91 Å². The zero-order chi connectivity index (χ0) is 15.7. The molecule has 0 aliphatic carbocycles. The number of amides is 2. The summed E-state index contributed by atoms with van der Waals surface area (Å²) in [5, 5.41) is 6.19. The lowest BCUT2D eigenvalue weighted by atomic mass is 10.1. The molecule has 7 heteroatoms. The molecule has 1 aromatic heterocycles. The highest BCUT2D eigenvalue weighted by atomic mass is 32.1. The molecule has 2 heterocycles. The van der Waals surface area contributed by atoms with Crippen LogP contribution in [0.1, 0.15) is 17.8 Å². The number of aromatic nitrogens is 1. The first-order valence-electron chi connectivity index (χ1n) is 6.98. The summed E-state index contributed by atoms with van der Waals surface area (Å²) in [4.78, 5) is 29.9. The summed E-state index contributed by atoms with van der Waals surface area (Å²) < 4.78 is 1.11. The van der Waals surface area contributed by atoms with Crippen molar-refractivity contribution in [1.82, 2.24) is 14.9 Å². The van der Waals surface area contributed by atoms with E-state index in [1.807, 2.05) is 24.3 Å². The van der Waals surface area contributed by atoms with Crippen LogP contribution in [0.25, 0.3) is 10.2 Å². The Morgan fingerprint density at radius 1 is 1.36 bits per heavy atom. The first-order chi connectivity index (χ1) is 10.5. The van der Waals surface area contributed by atoms with E-state index in [0.717, 1.165) is 15.2 Å². The van der Waals surface area contributed by atoms with E-state index in [0.29, 0.717) is 25.1 Å². The van der Waals surface area contributed by atoms with Gasteiger partial charge in [0, 0.05) is 26.9 Å². The Balaban J connectivity index is 1.73. The molecule has 1 aliphatic heterocycles. The molecule has 0 saturated heterocycles. The number of thiazole rings is 1. The number of rotatable bonds is 3. The average molecular weight is 316 g/mol.